The normalized spacial score (nSPS) is 9.53. The van der Waals surface area contributed by atoms with E-state index >= 15 is 0 Å². The third kappa shape index (κ3) is 3.40. The van der Waals surface area contributed by atoms with E-state index in [-0.39, 0.29) is 19.1 Å². The van der Waals surface area contributed by atoms with Gasteiger partial charge in [-0.15, -0.1) is 0 Å². The maximum absolute atomic E-state index is 12.0. The molecule has 0 saturated heterocycles. The molecule has 0 unspecified atom stereocenters. The van der Waals surface area contributed by atoms with Gasteiger partial charge >= 0.3 is 0 Å². The van der Waals surface area contributed by atoms with Crippen molar-refractivity contribution >= 4 is 5.91 Å². The van der Waals surface area contributed by atoms with E-state index < -0.39 is 0 Å². The summed E-state index contributed by atoms with van der Waals surface area (Å²) in [6.07, 6.45) is 4.49. The van der Waals surface area contributed by atoms with Crippen LogP contribution < -0.4 is 5.32 Å². The third-order valence-electron chi connectivity index (χ3n) is 2.28. The van der Waals surface area contributed by atoms with Crippen LogP contribution in [0.4, 0.5) is 0 Å². The van der Waals surface area contributed by atoms with E-state index in [1.54, 1.807) is 12.1 Å². The minimum atomic E-state index is -0.291. The maximum atomic E-state index is 12.0. The minimum absolute atomic E-state index is 0.244. The average Bonchev–Trinajstić information content (AvgIpc) is 2.96. The topological polar surface area (TPSA) is 88.3 Å². The molecule has 2 N–H and O–H groups in total. The SMILES string of the molecule is O=C(NCc1ccno1)c1ccncc1C#CCO. The highest BCUT2D eigenvalue weighted by molar-refractivity contribution is 5.96. The van der Waals surface area contributed by atoms with Crippen LogP contribution in [0.3, 0.4) is 0 Å². The van der Waals surface area contributed by atoms with Gasteiger partial charge in [0.25, 0.3) is 5.91 Å². The van der Waals surface area contributed by atoms with Crippen molar-refractivity contribution < 1.29 is 14.4 Å². The van der Waals surface area contributed by atoms with Crippen LogP contribution in [0.15, 0.2) is 35.2 Å². The molecule has 0 saturated carbocycles. The molecule has 2 heterocycles. The van der Waals surface area contributed by atoms with E-state index in [0.717, 1.165) is 0 Å². The summed E-state index contributed by atoms with van der Waals surface area (Å²) >= 11 is 0. The number of aromatic nitrogens is 2. The van der Waals surface area contributed by atoms with Crippen molar-refractivity contribution in [2.24, 2.45) is 0 Å². The summed E-state index contributed by atoms with van der Waals surface area (Å²) in [5.74, 6) is 5.43. The molecule has 6 nitrogen and oxygen atoms in total. The first-order chi connectivity index (χ1) is 9.31. The number of rotatable bonds is 3. The largest absolute Gasteiger partial charge is 0.384 e. The molecule has 0 bridgehead atoms. The quantitative estimate of drug-likeness (QED) is 0.774. The second-order valence-electron chi connectivity index (χ2n) is 3.54. The summed E-state index contributed by atoms with van der Waals surface area (Å²) < 4.78 is 4.88. The zero-order valence-corrected chi connectivity index (χ0v) is 9.96. The van der Waals surface area contributed by atoms with Crippen LogP contribution in [0, 0.1) is 11.8 Å². The van der Waals surface area contributed by atoms with E-state index in [0.29, 0.717) is 16.9 Å². The van der Waals surface area contributed by atoms with Crippen LogP contribution in [0.1, 0.15) is 21.7 Å². The molecule has 96 valence electrons. The second kappa shape index (κ2) is 6.33. The van der Waals surface area contributed by atoms with Crippen LogP contribution in [0.25, 0.3) is 0 Å². The molecule has 6 heteroatoms. The molecule has 2 aromatic heterocycles. The molecule has 0 radical (unpaired) electrons. The van der Waals surface area contributed by atoms with Gasteiger partial charge in [0.15, 0.2) is 5.76 Å². The van der Waals surface area contributed by atoms with Crippen molar-refractivity contribution in [3.05, 3.63) is 47.6 Å². The standard InChI is InChI=1S/C13H11N3O3/c17-7-1-2-10-8-14-5-4-12(10)13(18)15-9-11-3-6-16-19-11/h3-6,8,17H,7,9H2,(H,15,18). The molecule has 1 amide bonds. The highest BCUT2D eigenvalue weighted by Crippen LogP contribution is 2.06. The van der Waals surface area contributed by atoms with E-state index in [1.807, 2.05) is 0 Å². The summed E-state index contributed by atoms with van der Waals surface area (Å²) in [5, 5.41) is 14.9. The van der Waals surface area contributed by atoms with E-state index in [1.165, 1.54) is 18.6 Å². The van der Waals surface area contributed by atoms with E-state index in [4.69, 9.17) is 9.63 Å². The molecule has 2 aromatic rings. The van der Waals surface area contributed by atoms with Crippen molar-refractivity contribution in [1.29, 1.82) is 0 Å². The van der Waals surface area contributed by atoms with Gasteiger partial charge < -0.3 is 14.9 Å². The van der Waals surface area contributed by atoms with Gasteiger partial charge in [0.1, 0.15) is 6.61 Å². The Kier molecular flexibility index (Phi) is 4.26. The molecule has 0 aliphatic carbocycles. The summed E-state index contributed by atoms with van der Waals surface area (Å²) in [6.45, 7) is -0.0258. The molecular formula is C13H11N3O3. The number of pyridine rings is 1. The van der Waals surface area contributed by atoms with Crippen molar-refractivity contribution in [3.63, 3.8) is 0 Å². The Morgan fingerprint density at radius 1 is 1.42 bits per heavy atom. The zero-order valence-electron chi connectivity index (χ0n) is 9.96. The van der Waals surface area contributed by atoms with Crippen molar-refractivity contribution in [1.82, 2.24) is 15.5 Å². The van der Waals surface area contributed by atoms with Gasteiger partial charge in [-0.25, -0.2) is 0 Å². The molecule has 19 heavy (non-hydrogen) atoms. The van der Waals surface area contributed by atoms with Gasteiger partial charge in [0.05, 0.1) is 23.9 Å². The summed E-state index contributed by atoms with van der Waals surface area (Å²) in [5.41, 5.74) is 0.863. The van der Waals surface area contributed by atoms with Crippen molar-refractivity contribution in [2.45, 2.75) is 6.54 Å². The first-order valence-electron chi connectivity index (χ1n) is 5.52. The molecule has 0 fully saturated rings. The smallest absolute Gasteiger partial charge is 0.253 e. The number of aliphatic hydroxyl groups is 1. The van der Waals surface area contributed by atoms with Gasteiger partial charge in [-0.1, -0.05) is 17.0 Å². The third-order valence-corrected chi connectivity index (χ3v) is 2.28. The van der Waals surface area contributed by atoms with Crippen LogP contribution >= 0.6 is 0 Å². The Labute approximate surface area is 109 Å². The molecule has 0 aromatic carbocycles. The number of hydrogen-bond donors (Lipinski definition) is 2. The lowest BCUT2D eigenvalue weighted by atomic mass is 10.1. The molecule has 0 spiro atoms. The predicted octanol–water partition coefficient (Wildman–Crippen LogP) is 0.343. The zero-order chi connectivity index (χ0) is 13.5. The Morgan fingerprint density at radius 3 is 3.05 bits per heavy atom. The number of carbonyl (C=O) groups is 1. The number of aliphatic hydroxyl groups excluding tert-OH is 1. The lowest BCUT2D eigenvalue weighted by Gasteiger charge is -2.04. The van der Waals surface area contributed by atoms with Gasteiger partial charge in [-0.2, -0.15) is 0 Å². The van der Waals surface area contributed by atoms with Crippen LogP contribution in [-0.4, -0.2) is 27.8 Å². The van der Waals surface area contributed by atoms with Crippen LogP contribution in [-0.2, 0) is 6.54 Å². The molecule has 0 atom stereocenters. The highest BCUT2D eigenvalue weighted by Gasteiger charge is 2.10. The fourth-order valence-electron chi connectivity index (χ4n) is 1.42. The van der Waals surface area contributed by atoms with Gasteiger partial charge in [-0.3, -0.25) is 9.78 Å². The maximum Gasteiger partial charge on any atom is 0.253 e. The van der Waals surface area contributed by atoms with Crippen molar-refractivity contribution in [3.8, 4) is 11.8 Å². The second-order valence-corrected chi connectivity index (χ2v) is 3.54. The molecule has 0 aliphatic rings. The number of hydrogen-bond acceptors (Lipinski definition) is 5. The Morgan fingerprint density at radius 2 is 2.32 bits per heavy atom. The number of amides is 1. The number of nitrogens with one attached hydrogen (secondary N) is 1. The summed E-state index contributed by atoms with van der Waals surface area (Å²) in [4.78, 5) is 15.9. The molecular weight excluding hydrogens is 246 g/mol. The van der Waals surface area contributed by atoms with Gasteiger partial charge in [-0.05, 0) is 6.07 Å². The number of nitrogens with zero attached hydrogens (tertiary/aromatic N) is 2. The summed E-state index contributed by atoms with van der Waals surface area (Å²) in [7, 11) is 0. The van der Waals surface area contributed by atoms with Gasteiger partial charge in [0, 0.05) is 18.5 Å². The monoisotopic (exact) mass is 257 g/mol. The fraction of sp³-hybridized carbons (Fsp3) is 0.154. The number of carbonyl (C=O) groups excluding carboxylic acids is 1. The molecule has 0 aliphatic heterocycles. The average molecular weight is 257 g/mol. The van der Waals surface area contributed by atoms with Crippen molar-refractivity contribution in [2.75, 3.05) is 6.61 Å². The summed E-state index contributed by atoms with van der Waals surface area (Å²) in [6, 6.07) is 3.23. The van der Waals surface area contributed by atoms with Crippen LogP contribution in [0.5, 0.6) is 0 Å². The highest BCUT2D eigenvalue weighted by atomic mass is 16.5. The lowest BCUT2D eigenvalue weighted by Crippen LogP contribution is -2.23. The first kappa shape index (κ1) is 12.8. The van der Waals surface area contributed by atoms with Gasteiger partial charge in [0.2, 0.25) is 0 Å². The van der Waals surface area contributed by atoms with Crippen LogP contribution in [0.2, 0.25) is 0 Å². The van der Waals surface area contributed by atoms with E-state index in [9.17, 15) is 4.79 Å². The Hall–Kier alpha value is -2.65. The van der Waals surface area contributed by atoms with E-state index in [2.05, 4.69) is 27.3 Å². The molecule has 2 rings (SSSR count). The lowest BCUT2D eigenvalue weighted by molar-refractivity contribution is 0.0946. The predicted molar refractivity (Wildman–Crippen MR) is 65.9 cm³/mol. The fourth-order valence-corrected chi connectivity index (χ4v) is 1.42. The Bertz CT molecular complexity index is 612. The first-order valence-corrected chi connectivity index (χ1v) is 5.52. The minimum Gasteiger partial charge on any atom is -0.384 e. The Balaban J connectivity index is 2.10.